The van der Waals surface area contributed by atoms with Crippen LogP contribution in [0, 0.1) is 34.5 Å². The molecule has 0 bridgehead atoms. The summed E-state index contributed by atoms with van der Waals surface area (Å²) in [6, 6.07) is 0. The summed E-state index contributed by atoms with van der Waals surface area (Å²) in [6.45, 7) is 10.5. The highest BCUT2D eigenvalue weighted by Gasteiger charge is 2.56. The lowest BCUT2D eigenvalue weighted by Crippen LogP contribution is -2.52. The summed E-state index contributed by atoms with van der Waals surface area (Å²) >= 11 is 0. The maximum atomic E-state index is 10.2. The monoisotopic (exact) mass is 372 g/mol. The molecule has 2 N–H and O–H groups in total. The molecule has 1 aromatic rings. The van der Waals surface area contributed by atoms with Crippen LogP contribution in [0.3, 0.4) is 0 Å². The fourth-order valence-electron chi connectivity index (χ4n) is 7.07. The standard InChI is InChI=1S/C23H36N2O2/c1-16-4-5-20-19(13-25-11-10-24-15-25)21(7-9-22(16,20)2)23(3)8-6-18(27)12-17(23)14-26/h10-11,15,17-21,26-27H,1,4-9,12-14H2,2-3H3. The number of aliphatic hydroxyl groups is 2. The predicted octanol–water partition coefficient (Wildman–Crippen LogP) is 4.04. The van der Waals surface area contributed by atoms with Crippen LogP contribution in [0.5, 0.6) is 0 Å². The summed E-state index contributed by atoms with van der Waals surface area (Å²) in [5.74, 6) is 2.01. The van der Waals surface area contributed by atoms with E-state index in [1.807, 2.05) is 12.5 Å². The van der Waals surface area contributed by atoms with Crippen molar-refractivity contribution >= 4 is 0 Å². The van der Waals surface area contributed by atoms with Gasteiger partial charge in [-0.2, -0.15) is 0 Å². The van der Waals surface area contributed by atoms with E-state index in [0.717, 1.165) is 32.2 Å². The van der Waals surface area contributed by atoms with E-state index in [1.165, 1.54) is 24.8 Å². The summed E-state index contributed by atoms with van der Waals surface area (Å²) in [5.41, 5.74) is 1.82. The molecule has 7 unspecified atom stereocenters. The number of aromatic nitrogens is 2. The normalized spacial score (nSPS) is 45.0. The van der Waals surface area contributed by atoms with Crippen LogP contribution in [-0.4, -0.2) is 32.5 Å². The van der Waals surface area contributed by atoms with Crippen molar-refractivity contribution in [1.82, 2.24) is 9.55 Å². The Hall–Kier alpha value is -1.13. The molecule has 150 valence electrons. The summed E-state index contributed by atoms with van der Waals surface area (Å²) in [6.07, 6.45) is 13.1. The number of fused-ring (bicyclic) bond motifs is 1. The van der Waals surface area contributed by atoms with Crippen LogP contribution in [0.15, 0.2) is 30.9 Å². The number of nitrogens with zero attached hydrogens (tertiary/aromatic N) is 2. The van der Waals surface area contributed by atoms with Crippen LogP contribution < -0.4 is 0 Å². The number of hydrogen-bond acceptors (Lipinski definition) is 3. The highest BCUT2D eigenvalue weighted by Crippen LogP contribution is 2.63. The van der Waals surface area contributed by atoms with Crippen molar-refractivity contribution in [1.29, 1.82) is 0 Å². The summed E-state index contributed by atoms with van der Waals surface area (Å²) < 4.78 is 2.25. The molecule has 1 heterocycles. The molecule has 3 aliphatic rings. The fraction of sp³-hybridized carbons (Fsp3) is 0.783. The first-order valence-corrected chi connectivity index (χ1v) is 10.8. The molecule has 3 fully saturated rings. The second kappa shape index (κ2) is 7.04. The lowest BCUT2D eigenvalue weighted by atomic mass is 9.49. The molecule has 0 aliphatic heterocycles. The van der Waals surface area contributed by atoms with Gasteiger partial charge in [0.05, 0.1) is 12.4 Å². The Morgan fingerprint density at radius 2 is 2.04 bits per heavy atom. The van der Waals surface area contributed by atoms with Crippen LogP contribution in [-0.2, 0) is 6.54 Å². The van der Waals surface area contributed by atoms with E-state index >= 15 is 0 Å². The number of allylic oxidation sites excluding steroid dienone is 1. The Balaban J connectivity index is 1.68. The lowest BCUT2D eigenvalue weighted by molar-refractivity contribution is -0.0975. The highest BCUT2D eigenvalue weighted by atomic mass is 16.3. The maximum Gasteiger partial charge on any atom is 0.0946 e. The first-order chi connectivity index (χ1) is 12.9. The Morgan fingerprint density at radius 3 is 2.74 bits per heavy atom. The average Bonchev–Trinajstić information content (AvgIpc) is 3.26. The third-order valence-electron chi connectivity index (χ3n) is 8.95. The van der Waals surface area contributed by atoms with E-state index in [2.05, 4.69) is 36.2 Å². The molecule has 0 radical (unpaired) electrons. The van der Waals surface area contributed by atoms with Gasteiger partial charge in [0.2, 0.25) is 0 Å². The molecule has 4 nitrogen and oxygen atoms in total. The van der Waals surface area contributed by atoms with Crippen molar-refractivity contribution < 1.29 is 10.2 Å². The second-order valence-corrected chi connectivity index (χ2v) is 10.0. The van der Waals surface area contributed by atoms with Gasteiger partial charge >= 0.3 is 0 Å². The third kappa shape index (κ3) is 3.09. The molecule has 27 heavy (non-hydrogen) atoms. The Labute approximate surface area is 163 Å². The smallest absolute Gasteiger partial charge is 0.0946 e. The van der Waals surface area contributed by atoms with E-state index in [9.17, 15) is 10.2 Å². The van der Waals surface area contributed by atoms with Gasteiger partial charge in [-0.25, -0.2) is 4.98 Å². The molecule has 7 atom stereocenters. The SMILES string of the molecule is C=C1CCC2C(Cn3ccnc3)C(C3(C)CCC(O)CC3CO)CCC12C. The van der Waals surface area contributed by atoms with Crippen molar-refractivity contribution in [2.45, 2.75) is 71.4 Å². The average molecular weight is 373 g/mol. The van der Waals surface area contributed by atoms with Gasteiger partial charge in [0.1, 0.15) is 0 Å². The summed E-state index contributed by atoms with van der Waals surface area (Å²) in [4.78, 5) is 4.27. The van der Waals surface area contributed by atoms with E-state index in [4.69, 9.17) is 0 Å². The molecule has 3 aliphatic carbocycles. The molecule has 4 rings (SSSR count). The zero-order chi connectivity index (χ0) is 19.2. The second-order valence-electron chi connectivity index (χ2n) is 10.0. The van der Waals surface area contributed by atoms with Crippen molar-refractivity contribution in [3.63, 3.8) is 0 Å². The van der Waals surface area contributed by atoms with E-state index in [-0.39, 0.29) is 29.5 Å². The third-order valence-corrected chi connectivity index (χ3v) is 8.95. The van der Waals surface area contributed by atoms with Crippen LogP contribution in [0.4, 0.5) is 0 Å². The van der Waals surface area contributed by atoms with E-state index in [0.29, 0.717) is 17.8 Å². The zero-order valence-corrected chi connectivity index (χ0v) is 17.0. The number of hydrogen-bond donors (Lipinski definition) is 2. The van der Waals surface area contributed by atoms with Gasteiger partial charge in [0, 0.05) is 25.5 Å². The van der Waals surface area contributed by atoms with Crippen LogP contribution in [0.25, 0.3) is 0 Å². The van der Waals surface area contributed by atoms with E-state index in [1.54, 1.807) is 0 Å². The number of imidazole rings is 1. The fourth-order valence-corrected chi connectivity index (χ4v) is 7.07. The summed E-state index contributed by atoms with van der Waals surface area (Å²) in [7, 11) is 0. The van der Waals surface area contributed by atoms with Crippen molar-refractivity contribution in [3.05, 3.63) is 30.9 Å². The van der Waals surface area contributed by atoms with Crippen molar-refractivity contribution in [2.24, 2.45) is 34.5 Å². The number of rotatable bonds is 4. The van der Waals surface area contributed by atoms with Crippen LogP contribution in [0.2, 0.25) is 0 Å². The molecule has 3 saturated carbocycles. The van der Waals surface area contributed by atoms with Crippen LogP contribution in [0.1, 0.15) is 58.8 Å². The minimum Gasteiger partial charge on any atom is -0.396 e. The van der Waals surface area contributed by atoms with Crippen molar-refractivity contribution in [2.75, 3.05) is 6.61 Å². The minimum atomic E-state index is -0.248. The Morgan fingerprint density at radius 1 is 1.22 bits per heavy atom. The molecular weight excluding hydrogens is 336 g/mol. The van der Waals surface area contributed by atoms with Gasteiger partial charge in [-0.15, -0.1) is 0 Å². The topological polar surface area (TPSA) is 58.3 Å². The Kier molecular flexibility index (Phi) is 5.00. The predicted molar refractivity (Wildman–Crippen MR) is 107 cm³/mol. The summed E-state index contributed by atoms with van der Waals surface area (Å²) in [5, 5.41) is 20.4. The quantitative estimate of drug-likeness (QED) is 0.784. The van der Waals surface area contributed by atoms with Crippen molar-refractivity contribution in [3.8, 4) is 0 Å². The Bertz CT molecular complexity index is 672. The van der Waals surface area contributed by atoms with Crippen LogP contribution >= 0.6 is 0 Å². The van der Waals surface area contributed by atoms with Gasteiger partial charge in [0.15, 0.2) is 0 Å². The first kappa shape index (κ1) is 19.2. The molecule has 0 amide bonds. The molecule has 4 heteroatoms. The first-order valence-electron chi connectivity index (χ1n) is 10.8. The molecular formula is C23H36N2O2. The van der Waals surface area contributed by atoms with Gasteiger partial charge in [-0.1, -0.05) is 26.0 Å². The molecule has 0 saturated heterocycles. The molecule has 0 spiro atoms. The molecule has 0 aromatic carbocycles. The lowest BCUT2D eigenvalue weighted by Gasteiger charge is -2.56. The minimum absolute atomic E-state index is 0.102. The molecule has 1 aromatic heterocycles. The number of aliphatic hydroxyl groups excluding tert-OH is 2. The van der Waals surface area contributed by atoms with Gasteiger partial charge < -0.3 is 14.8 Å². The van der Waals surface area contributed by atoms with Gasteiger partial charge in [-0.3, -0.25) is 0 Å². The van der Waals surface area contributed by atoms with Gasteiger partial charge in [0.25, 0.3) is 0 Å². The zero-order valence-electron chi connectivity index (χ0n) is 17.0. The van der Waals surface area contributed by atoms with Gasteiger partial charge in [-0.05, 0) is 79.4 Å². The maximum absolute atomic E-state index is 10.2. The highest BCUT2D eigenvalue weighted by molar-refractivity contribution is 5.20. The largest absolute Gasteiger partial charge is 0.396 e. The van der Waals surface area contributed by atoms with E-state index < -0.39 is 0 Å².